The van der Waals surface area contributed by atoms with E-state index in [9.17, 15) is 1.37 Å². The standard InChI is InChI=1S/C42H26O/c1-2-16-30-27(12-1)13-10-23-32(30)41-35-19-5-3-17-33(35)40(34-18-4-6-20-36(34)41)29-15-9-14-28(26-29)31-22-11-25-39-42(31)37-21-7-8-24-38(37)43-39/h1-26H/i1D,2D,10D,12D,13D,16D,23D. The average molecular weight is 554 g/mol. The largest absolute Gasteiger partial charge is 0.456 e. The van der Waals surface area contributed by atoms with Crippen LogP contribution in [0.1, 0.15) is 9.60 Å². The molecule has 0 aliphatic rings. The van der Waals surface area contributed by atoms with E-state index < -0.39 is 12.1 Å². The third-order valence-electron chi connectivity index (χ3n) is 8.36. The van der Waals surface area contributed by atoms with E-state index in [0.717, 1.165) is 65.7 Å². The molecule has 0 aliphatic carbocycles. The van der Waals surface area contributed by atoms with Crippen molar-refractivity contribution in [3.8, 4) is 33.4 Å². The van der Waals surface area contributed by atoms with Gasteiger partial charge in [0.1, 0.15) is 11.2 Å². The Balaban J connectivity index is 1.39. The summed E-state index contributed by atoms with van der Waals surface area (Å²) in [5.74, 6) is 0. The van der Waals surface area contributed by atoms with Gasteiger partial charge in [0.25, 0.3) is 0 Å². The summed E-state index contributed by atoms with van der Waals surface area (Å²) in [5, 5.41) is 5.44. The number of furan rings is 1. The van der Waals surface area contributed by atoms with E-state index in [-0.39, 0.29) is 46.5 Å². The van der Waals surface area contributed by atoms with Crippen LogP contribution in [-0.2, 0) is 0 Å². The highest BCUT2D eigenvalue weighted by atomic mass is 16.3. The van der Waals surface area contributed by atoms with E-state index >= 15 is 0 Å². The first-order valence-corrected chi connectivity index (χ1v) is 14.2. The zero-order valence-corrected chi connectivity index (χ0v) is 22.9. The highest BCUT2D eigenvalue weighted by molar-refractivity contribution is 6.23. The second kappa shape index (κ2) is 9.44. The molecule has 1 nitrogen and oxygen atoms in total. The van der Waals surface area contributed by atoms with Crippen LogP contribution in [-0.4, -0.2) is 0 Å². The summed E-state index contributed by atoms with van der Waals surface area (Å²) in [7, 11) is 0. The van der Waals surface area contributed by atoms with Gasteiger partial charge in [-0.05, 0) is 83.9 Å². The molecule has 0 aliphatic heterocycles. The smallest absolute Gasteiger partial charge is 0.136 e. The maximum absolute atomic E-state index is 9.18. The van der Waals surface area contributed by atoms with Crippen LogP contribution < -0.4 is 0 Å². The van der Waals surface area contributed by atoms with Gasteiger partial charge in [0.15, 0.2) is 0 Å². The van der Waals surface area contributed by atoms with Gasteiger partial charge in [-0.25, -0.2) is 0 Å². The third kappa shape index (κ3) is 3.65. The number of hydrogen-bond acceptors (Lipinski definition) is 1. The Morgan fingerprint density at radius 1 is 0.419 bits per heavy atom. The fourth-order valence-electron chi connectivity index (χ4n) is 6.57. The topological polar surface area (TPSA) is 13.1 Å². The molecule has 0 N–H and O–H groups in total. The highest BCUT2D eigenvalue weighted by Crippen LogP contribution is 2.46. The van der Waals surface area contributed by atoms with E-state index in [1.165, 1.54) is 0 Å². The van der Waals surface area contributed by atoms with Crippen LogP contribution in [0.3, 0.4) is 0 Å². The molecule has 0 unspecified atom stereocenters. The molecule has 43 heavy (non-hydrogen) atoms. The van der Waals surface area contributed by atoms with Crippen molar-refractivity contribution in [1.82, 2.24) is 0 Å². The molecule has 9 aromatic rings. The summed E-state index contributed by atoms with van der Waals surface area (Å²) in [4.78, 5) is 0. The Morgan fingerprint density at radius 2 is 1.02 bits per heavy atom. The molecule has 1 heterocycles. The quantitative estimate of drug-likeness (QED) is 0.198. The van der Waals surface area contributed by atoms with Crippen LogP contribution in [0.15, 0.2) is 162 Å². The Bertz CT molecular complexity index is 2840. The van der Waals surface area contributed by atoms with Crippen molar-refractivity contribution in [2.75, 3.05) is 0 Å². The first kappa shape index (κ1) is 18.0. The Kier molecular flexibility index (Phi) is 3.95. The maximum atomic E-state index is 9.18. The SMILES string of the molecule is [2H]c1c([2H])c([2H])c2c(-c3c4ccccc4c(-c4cccc(-c5cccc6oc7ccccc7c56)c4)c4ccccc34)c([2H])c([2H])c([2H])c2c1[2H]. The number of para-hydroxylation sites is 1. The molecule has 0 fully saturated rings. The predicted octanol–water partition coefficient (Wildman–Crippen LogP) is 12.0. The van der Waals surface area contributed by atoms with Crippen LogP contribution in [0.5, 0.6) is 0 Å². The summed E-state index contributed by atoms with van der Waals surface area (Å²) in [6, 6.07) is 35.6. The lowest BCUT2D eigenvalue weighted by molar-refractivity contribution is 0.669. The van der Waals surface area contributed by atoms with Gasteiger partial charge in [-0.2, -0.15) is 0 Å². The van der Waals surface area contributed by atoms with Gasteiger partial charge in [-0.15, -0.1) is 0 Å². The zero-order chi connectivity index (χ0) is 34.4. The lowest BCUT2D eigenvalue weighted by Gasteiger charge is -2.19. The lowest BCUT2D eigenvalue weighted by Crippen LogP contribution is -1.92. The zero-order valence-electron chi connectivity index (χ0n) is 29.9. The van der Waals surface area contributed by atoms with Crippen LogP contribution >= 0.6 is 0 Å². The molecule has 0 spiro atoms. The van der Waals surface area contributed by atoms with Crippen molar-refractivity contribution < 1.29 is 14.0 Å². The fourth-order valence-corrected chi connectivity index (χ4v) is 6.57. The maximum Gasteiger partial charge on any atom is 0.136 e. The van der Waals surface area contributed by atoms with Crippen LogP contribution in [0.25, 0.3) is 87.6 Å². The number of fused-ring (bicyclic) bond motifs is 6. The van der Waals surface area contributed by atoms with E-state index in [4.69, 9.17) is 12.6 Å². The van der Waals surface area contributed by atoms with Crippen molar-refractivity contribution in [3.05, 3.63) is 158 Å². The molecule has 1 aromatic heterocycles. The van der Waals surface area contributed by atoms with Gasteiger partial charge < -0.3 is 4.42 Å². The van der Waals surface area contributed by atoms with Crippen LogP contribution in [0.4, 0.5) is 0 Å². The van der Waals surface area contributed by atoms with Gasteiger partial charge in [-0.3, -0.25) is 0 Å². The third-order valence-corrected chi connectivity index (χ3v) is 8.36. The van der Waals surface area contributed by atoms with Crippen LogP contribution in [0, 0.1) is 0 Å². The van der Waals surface area contributed by atoms with E-state index in [1.807, 2.05) is 84.9 Å². The summed E-state index contributed by atoms with van der Waals surface area (Å²) >= 11 is 0. The Labute approximate surface area is 259 Å². The molecule has 8 aromatic carbocycles. The fraction of sp³-hybridized carbons (Fsp3) is 0. The van der Waals surface area contributed by atoms with E-state index in [2.05, 4.69) is 30.3 Å². The molecule has 0 radical (unpaired) electrons. The molecule has 0 bridgehead atoms. The molecule has 0 atom stereocenters. The minimum Gasteiger partial charge on any atom is -0.456 e. The second-order valence-corrected chi connectivity index (χ2v) is 10.7. The van der Waals surface area contributed by atoms with Gasteiger partial charge in [0.05, 0.1) is 9.60 Å². The number of benzene rings is 8. The molecule has 0 saturated heterocycles. The summed E-state index contributed by atoms with van der Waals surface area (Å²) in [6.07, 6.45) is 0. The normalized spacial score (nSPS) is 14.0. The summed E-state index contributed by atoms with van der Waals surface area (Å²) in [5.41, 5.74) is 6.50. The van der Waals surface area contributed by atoms with E-state index in [1.54, 1.807) is 0 Å². The van der Waals surface area contributed by atoms with Crippen molar-refractivity contribution in [2.24, 2.45) is 0 Å². The monoisotopic (exact) mass is 553 g/mol. The van der Waals surface area contributed by atoms with E-state index in [0.29, 0.717) is 5.56 Å². The minimum atomic E-state index is -0.469. The molecular formula is C42H26O. The van der Waals surface area contributed by atoms with Crippen molar-refractivity contribution in [1.29, 1.82) is 0 Å². The van der Waals surface area contributed by atoms with Crippen molar-refractivity contribution >= 4 is 54.3 Å². The molecular weight excluding hydrogens is 520 g/mol. The molecule has 9 rings (SSSR count). The average Bonchev–Trinajstić information content (AvgIpc) is 3.53. The predicted molar refractivity (Wildman–Crippen MR) is 183 cm³/mol. The molecule has 200 valence electrons. The van der Waals surface area contributed by atoms with Crippen molar-refractivity contribution in [3.63, 3.8) is 0 Å². The lowest BCUT2D eigenvalue weighted by atomic mass is 9.84. The first-order valence-electron chi connectivity index (χ1n) is 17.7. The number of hydrogen-bond donors (Lipinski definition) is 0. The number of rotatable bonds is 3. The van der Waals surface area contributed by atoms with Gasteiger partial charge in [-0.1, -0.05) is 139 Å². The van der Waals surface area contributed by atoms with Crippen molar-refractivity contribution in [2.45, 2.75) is 0 Å². The summed E-state index contributed by atoms with van der Waals surface area (Å²) < 4.78 is 67.3. The van der Waals surface area contributed by atoms with Gasteiger partial charge in [0.2, 0.25) is 0 Å². The molecule has 0 amide bonds. The molecule has 0 saturated carbocycles. The highest BCUT2D eigenvalue weighted by Gasteiger charge is 2.19. The van der Waals surface area contributed by atoms with Crippen LogP contribution in [0.2, 0.25) is 0 Å². The summed E-state index contributed by atoms with van der Waals surface area (Å²) in [6.45, 7) is 0. The minimum absolute atomic E-state index is 0.0575. The second-order valence-electron chi connectivity index (χ2n) is 10.7. The Morgan fingerprint density at radius 3 is 1.81 bits per heavy atom. The van der Waals surface area contributed by atoms with Gasteiger partial charge in [0, 0.05) is 10.8 Å². The Hall–Kier alpha value is -5.66. The first-order chi connectivity index (χ1) is 24.3. The molecule has 1 heteroatoms. The van der Waals surface area contributed by atoms with Gasteiger partial charge >= 0.3 is 0 Å².